The lowest BCUT2D eigenvalue weighted by Gasteiger charge is -2.06. The number of amides is 1. The highest BCUT2D eigenvalue weighted by atomic mass is 16.1. The van der Waals surface area contributed by atoms with Crippen molar-refractivity contribution in [3.63, 3.8) is 0 Å². The Labute approximate surface area is 116 Å². The predicted molar refractivity (Wildman–Crippen MR) is 79.6 cm³/mol. The topological polar surface area (TPSA) is 55.1 Å². The molecule has 1 aromatic carbocycles. The second-order valence-corrected chi connectivity index (χ2v) is 4.96. The van der Waals surface area contributed by atoms with Crippen LogP contribution in [0.2, 0.25) is 0 Å². The Hall–Kier alpha value is -1.35. The van der Waals surface area contributed by atoms with Crippen LogP contribution in [0.4, 0.5) is 0 Å². The molecule has 0 fully saturated rings. The van der Waals surface area contributed by atoms with Gasteiger partial charge >= 0.3 is 0 Å². The van der Waals surface area contributed by atoms with E-state index in [-0.39, 0.29) is 5.91 Å². The van der Waals surface area contributed by atoms with E-state index in [1.807, 2.05) is 24.3 Å². The van der Waals surface area contributed by atoms with Gasteiger partial charge in [-0.3, -0.25) is 4.79 Å². The summed E-state index contributed by atoms with van der Waals surface area (Å²) in [6, 6.07) is 8.05. The molecule has 0 aliphatic heterocycles. The quantitative estimate of drug-likeness (QED) is 0.672. The molecular weight excluding hydrogens is 236 g/mol. The van der Waals surface area contributed by atoms with Crippen LogP contribution < -0.4 is 11.1 Å². The normalized spacial score (nSPS) is 10.4. The summed E-state index contributed by atoms with van der Waals surface area (Å²) in [6.45, 7) is 3.37. The zero-order valence-corrected chi connectivity index (χ0v) is 12.0. The molecule has 0 spiro atoms. The van der Waals surface area contributed by atoms with Crippen LogP contribution in [-0.2, 0) is 17.9 Å². The highest BCUT2D eigenvalue weighted by molar-refractivity contribution is 5.75. The minimum Gasteiger partial charge on any atom is -0.352 e. The van der Waals surface area contributed by atoms with E-state index in [2.05, 4.69) is 12.2 Å². The Morgan fingerprint density at radius 1 is 1.05 bits per heavy atom. The monoisotopic (exact) mass is 262 g/mol. The zero-order valence-electron chi connectivity index (χ0n) is 12.0. The summed E-state index contributed by atoms with van der Waals surface area (Å²) in [4.78, 5) is 11.6. The summed E-state index contributed by atoms with van der Waals surface area (Å²) >= 11 is 0. The number of carbonyl (C=O) groups is 1. The van der Waals surface area contributed by atoms with Gasteiger partial charge in [0.25, 0.3) is 0 Å². The highest BCUT2D eigenvalue weighted by Crippen LogP contribution is 2.06. The van der Waals surface area contributed by atoms with E-state index in [1.54, 1.807) is 0 Å². The molecule has 3 nitrogen and oxygen atoms in total. The molecule has 0 radical (unpaired) electrons. The number of nitrogens with two attached hydrogens (primary N) is 1. The van der Waals surface area contributed by atoms with E-state index in [4.69, 9.17) is 5.73 Å². The third kappa shape index (κ3) is 6.97. The maximum atomic E-state index is 11.6. The first-order valence-corrected chi connectivity index (χ1v) is 7.31. The SMILES string of the molecule is CCCCCCCC(=O)NCc1ccc(CN)cc1. The molecule has 106 valence electrons. The van der Waals surface area contributed by atoms with Crippen LogP contribution in [0.25, 0.3) is 0 Å². The third-order valence-electron chi connectivity index (χ3n) is 3.26. The molecule has 3 heteroatoms. The second kappa shape index (κ2) is 9.56. The summed E-state index contributed by atoms with van der Waals surface area (Å²) in [5.41, 5.74) is 7.78. The van der Waals surface area contributed by atoms with Crippen molar-refractivity contribution in [1.82, 2.24) is 5.32 Å². The number of hydrogen-bond acceptors (Lipinski definition) is 2. The summed E-state index contributed by atoms with van der Waals surface area (Å²) in [5.74, 6) is 0.152. The summed E-state index contributed by atoms with van der Waals surface area (Å²) < 4.78 is 0. The number of benzene rings is 1. The Balaban J connectivity index is 2.15. The van der Waals surface area contributed by atoms with Crippen molar-refractivity contribution in [2.24, 2.45) is 5.73 Å². The lowest BCUT2D eigenvalue weighted by Crippen LogP contribution is -2.22. The van der Waals surface area contributed by atoms with Crippen LogP contribution in [0, 0.1) is 0 Å². The van der Waals surface area contributed by atoms with Crippen molar-refractivity contribution in [3.05, 3.63) is 35.4 Å². The molecule has 0 aromatic heterocycles. The van der Waals surface area contributed by atoms with Gasteiger partial charge in [-0.05, 0) is 17.5 Å². The average Bonchev–Trinajstić information content (AvgIpc) is 2.45. The molecule has 0 heterocycles. The number of carbonyl (C=O) groups excluding carboxylic acids is 1. The third-order valence-corrected chi connectivity index (χ3v) is 3.26. The van der Waals surface area contributed by atoms with Gasteiger partial charge < -0.3 is 11.1 Å². The Morgan fingerprint density at radius 3 is 2.32 bits per heavy atom. The van der Waals surface area contributed by atoms with Crippen LogP contribution in [0.5, 0.6) is 0 Å². The van der Waals surface area contributed by atoms with Crippen molar-refractivity contribution >= 4 is 5.91 Å². The van der Waals surface area contributed by atoms with Gasteiger partial charge in [-0.15, -0.1) is 0 Å². The Morgan fingerprint density at radius 2 is 1.68 bits per heavy atom. The van der Waals surface area contributed by atoms with Crippen molar-refractivity contribution < 1.29 is 4.79 Å². The Kier molecular flexibility index (Phi) is 7.91. The number of hydrogen-bond donors (Lipinski definition) is 2. The van der Waals surface area contributed by atoms with Gasteiger partial charge in [0.05, 0.1) is 0 Å². The van der Waals surface area contributed by atoms with Crippen LogP contribution in [0.1, 0.15) is 56.6 Å². The minimum atomic E-state index is 0.152. The number of unbranched alkanes of at least 4 members (excludes halogenated alkanes) is 4. The molecule has 1 amide bonds. The van der Waals surface area contributed by atoms with Crippen LogP contribution in [0.3, 0.4) is 0 Å². The highest BCUT2D eigenvalue weighted by Gasteiger charge is 2.01. The fourth-order valence-electron chi connectivity index (χ4n) is 1.97. The minimum absolute atomic E-state index is 0.152. The summed E-state index contributed by atoms with van der Waals surface area (Å²) in [7, 11) is 0. The molecule has 19 heavy (non-hydrogen) atoms. The first-order chi connectivity index (χ1) is 9.26. The fourth-order valence-corrected chi connectivity index (χ4v) is 1.97. The molecule has 0 aliphatic rings. The number of nitrogens with one attached hydrogen (secondary N) is 1. The Bertz CT molecular complexity index is 360. The molecule has 0 saturated heterocycles. The standard InChI is InChI=1S/C16H26N2O/c1-2-3-4-5-6-7-16(19)18-13-15-10-8-14(12-17)9-11-15/h8-11H,2-7,12-13,17H2,1H3,(H,18,19). The van der Waals surface area contributed by atoms with Gasteiger partial charge in [-0.25, -0.2) is 0 Å². The van der Waals surface area contributed by atoms with E-state index in [0.29, 0.717) is 19.5 Å². The van der Waals surface area contributed by atoms with Crippen molar-refractivity contribution in [2.45, 2.75) is 58.5 Å². The van der Waals surface area contributed by atoms with Gasteiger partial charge in [-0.1, -0.05) is 56.9 Å². The average molecular weight is 262 g/mol. The van der Waals surface area contributed by atoms with Gasteiger partial charge in [0.2, 0.25) is 5.91 Å². The van der Waals surface area contributed by atoms with Crippen LogP contribution in [0.15, 0.2) is 24.3 Å². The van der Waals surface area contributed by atoms with Gasteiger partial charge in [0.1, 0.15) is 0 Å². The maximum absolute atomic E-state index is 11.6. The molecular formula is C16H26N2O. The van der Waals surface area contributed by atoms with Crippen LogP contribution >= 0.6 is 0 Å². The fraction of sp³-hybridized carbons (Fsp3) is 0.562. The summed E-state index contributed by atoms with van der Waals surface area (Å²) in [6.07, 6.45) is 6.55. The lowest BCUT2D eigenvalue weighted by atomic mass is 10.1. The van der Waals surface area contributed by atoms with E-state index in [9.17, 15) is 4.79 Å². The molecule has 0 aliphatic carbocycles. The predicted octanol–water partition coefficient (Wildman–Crippen LogP) is 3.12. The molecule has 0 bridgehead atoms. The van der Waals surface area contributed by atoms with Crippen molar-refractivity contribution in [3.8, 4) is 0 Å². The summed E-state index contributed by atoms with van der Waals surface area (Å²) in [5, 5.41) is 2.96. The number of rotatable bonds is 9. The first-order valence-electron chi connectivity index (χ1n) is 7.31. The molecule has 0 saturated carbocycles. The molecule has 1 aromatic rings. The van der Waals surface area contributed by atoms with Crippen molar-refractivity contribution in [1.29, 1.82) is 0 Å². The maximum Gasteiger partial charge on any atom is 0.220 e. The van der Waals surface area contributed by atoms with Gasteiger partial charge in [0.15, 0.2) is 0 Å². The van der Waals surface area contributed by atoms with E-state index < -0.39 is 0 Å². The molecule has 1 rings (SSSR count). The lowest BCUT2D eigenvalue weighted by molar-refractivity contribution is -0.121. The first kappa shape index (κ1) is 15.7. The smallest absolute Gasteiger partial charge is 0.220 e. The van der Waals surface area contributed by atoms with E-state index in [1.165, 1.54) is 19.3 Å². The van der Waals surface area contributed by atoms with E-state index in [0.717, 1.165) is 24.0 Å². The van der Waals surface area contributed by atoms with E-state index >= 15 is 0 Å². The van der Waals surface area contributed by atoms with Crippen LogP contribution in [-0.4, -0.2) is 5.91 Å². The van der Waals surface area contributed by atoms with Gasteiger partial charge in [-0.2, -0.15) is 0 Å². The zero-order chi connectivity index (χ0) is 13.9. The molecule has 0 atom stereocenters. The van der Waals surface area contributed by atoms with Crippen molar-refractivity contribution in [2.75, 3.05) is 0 Å². The second-order valence-electron chi connectivity index (χ2n) is 4.96. The molecule has 0 unspecified atom stereocenters. The van der Waals surface area contributed by atoms with Gasteiger partial charge in [0, 0.05) is 19.5 Å². The molecule has 3 N–H and O–H groups in total. The largest absolute Gasteiger partial charge is 0.352 e.